The van der Waals surface area contributed by atoms with E-state index in [9.17, 15) is 4.79 Å². The van der Waals surface area contributed by atoms with Gasteiger partial charge in [0.05, 0.1) is 26.4 Å². The van der Waals surface area contributed by atoms with E-state index in [1.54, 1.807) is 54.6 Å². The number of rotatable bonds is 2. The molecule has 10 nitrogen and oxygen atoms in total. The van der Waals surface area contributed by atoms with Crippen molar-refractivity contribution in [2.45, 2.75) is 0 Å². The number of carbonyl (C=O) groups excluding carboxylic acids is 1. The molecule has 196 valence electrons. The lowest BCUT2D eigenvalue weighted by atomic mass is 10.2. The van der Waals surface area contributed by atoms with Crippen LogP contribution >= 0.6 is 12.2 Å². The second-order valence-corrected chi connectivity index (χ2v) is 8.31. The molecular formula is C26H29N3O7S. The van der Waals surface area contributed by atoms with Gasteiger partial charge >= 0.3 is 0 Å². The maximum Gasteiger partial charge on any atom is 0.272 e. The highest BCUT2D eigenvalue weighted by Gasteiger charge is 2.12. The van der Waals surface area contributed by atoms with Gasteiger partial charge in [-0.15, -0.1) is 0 Å². The molecule has 4 rings (SSSR count). The van der Waals surface area contributed by atoms with E-state index in [1.807, 2.05) is 0 Å². The molecular weight excluding hydrogens is 498 g/mol. The van der Waals surface area contributed by atoms with Crippen LogP contribution in [0.3, 0.4) is 0 Å². The number of anilines is 2. The first-order valence-electron chi connectivity index (χ1n) is 11.8. The van der Waals surface area contributed by atoms with Gasteiger partial charge in [-0.2, -0.15) is 0 Å². The molecule has 0 saturated carbocycles. The number of benzene rings is 2. The van der Waals surface area contributed by atoms with Crippen molar-refractivity contribution in [2.24, 2.45) is 0 Å². The number of aromatic amines is 1. The smallest absolute Gasteiger partial charge is 0.272 e. The maximum atomic E-state index is 12.6. The minimum atomic E-state index is -0.324. The molecule has 1 aromatic heterocycles. The zero-order valence-electron chi connectivity index (χ0n) is 20.2. The lowest BCUT2D eigenvalue weighted by molar-refractivity contribution is 0.0640. The van der Waals surface area contributed by atoms with E-state index in [2.05, 4.69) is 10.3 Å². The molecule has 0 fully saturated rings. The number of nitrogen functional groups attached to an aromatic ring is 1. The quantitative estimate of drug-likeness (QED) is 0.337. The molecule has 1 amide bonds. The fraction of sp³-hybridized carbons (Fsp3) is 0.308. The number of ether oxygens (including phenoxy) is 6. The van der Waals surface area contributed by atoms with Gasteiger partial charge in [-0.1, -0.05) is 18.3 Å². The molecule has 37 heavy (non-hydrogen) atoms. The first-order chi connectivity index (χ1) is 18.1. The molecule has 1 aliphatic rings. The number of aromatic nitrogens is 1. The van der Waals surface area contributed by atoms with Crippen LogP contribution in [0.4, 0.5) is 11.4 Å². The molecule has 0 aliphatic carbocycles. The third kappa shape index (κ3) is 8.10. The second-order valence-electron chi connectivity index (χ2n) is 7.87. The summed E-state index contributed by atoms with van der Waals surface area (Å²) in [4.78, 5) is 15.5. The van der Waals surface area contributed by atoms with Crippen molar-refractivity contribution in [3.63, 3.8) is 0 Å². The highest BCUT2D eigenvalue weighted by Crippen LogP contribution is 2.31. The summed E-state index contributed by atoms with van der Waals surface area (Å²) in [6.07, 6.45) is 0. The van der Waals surface area contributed by atoms with E-state index in [0.29, 0.717) is 91.0 Å². The van der Waals surface area contributed by atoms with E-state index in [-0.39, 0.29) is 12.5 Å². The Hall–Kier alpha value is -3.80. The van der Waals surface area contributed by atoms with Crippen LogP contribution in [0, 0.1) is 4.64 Å². The molecule has 0 atom stereocenters. The van der Waals surface area contributed by atoms with Gasteiger partial charge < -0.3 is 44.5 Å². The number of nitrogens with one attached hydrogen (secondary N) is 2. The molecule has 3 aromatic rings. The van der Waals surface area contributed by atoms with Gasteiger partial charge in [-0.25, -0.2) is 0 Å². The van der Waals surface area contributed by atoms with Crippen molar-refractivity contribution in [3.05, 3.63) is 64.9 Å². The predicted octanol–water partition coefficient (Wildman–Crippen LogP) is 3.84. The van der Waals surface area contributed by atoms with Crippen LogP contribution in [0.25, 0.3) is 0 Å². The van der Waals surface area contributed by atoms with Crippen molar-refractivity contribution in [3.8, 4) is 23.0 Å². The molecule has 0 bridgehead atoms. The summed E-state index contributed by atoms with van der Waals surface area (Å²) in [6, 6.07) is 15.5. The van der Waals surface area contributed by atoms with E-state index in [0.717, 1.165) is 0 Å². The first kappa shape index (κ1) is 26.3. The fourth-order valence-corrected chi connectivity index (χ4v) is 3.59. The standard InChI is InChI=1S/C26H29N3O7S/c27-18-4-6-21-23(16-18)35-14-10-32-11-15-36-24-17-19(28-26(30)20-2-1-3-25(37)29-20)5-7-22(24)34-13-9-31-8-12-33-21/h1-7,16-17H,8-15,27H2,(H,28,30)(H,29,37). The van der Waals surface area contributed by atoms with Gasteiger partial charge in [-0.05, 0) is 36.4 Å². The van der Waals surface area contributed by atoms with Crippen molar-refractivity contribution >= 4 is 29.5 Å². The van der Waals surface area contributed by atoms with Gasteiger partial charge in [0, 0.05) is 23.5 Å². The maximum absolute atomic E-state index is 12.6. The Morgan fingerprint density at radius 1 is 0.730 bits per heavy atom. The lowest BCUT2D eigenvalue weighted by Gasteiger charge is -2.16. The average molecular weight is 528 g/mol. The summed E-state index contributed by atoms with van der Waals surface area (Å²) >= 11 is 5.09. The number of fused-ring (bicyclic) bond motifs is 2. The Labute approximate surface area is 219 Å². The van der Waals surface area contributed by atoms with Crippen LogP contribution < -0.4 is 30.0 Å². The highest BCUT2D eigenvalue weighted by atomic mass is 32.1. The number of carbonyl (C=O) groups is 1. The Balaban J connectivity index is 1.39. The number of pyridine rings is 1. The van der Waals surface area contributed by atoms with E-state index in [1.165, 1.54) is 0 Å². The summed E-state index contributed by atoms with van der Waals surface area (Å²) in [5.74, 6) is 1.80. The topological polar surface area (TPSA) is 126 Å². The minimum Gasteiger partial charge on any atom is -0.487 e. The number of H-pyrrole nitrogens is 1. The summed E-state index contributed by atoms with van der Waals surface area (Å²) < 4.78 is 35.1. The summed E-state index contributed by atoms with van der Waals surface area (Å²) in [7, 11) is 0. The van der Waals surface area contributed by atoms with E-state index >= 15 is 0 Å². The van der Waals surface area contributed by atoms with Crippen LogP contribution in [0.15, 0.2) is 54.6 Å². The number of nitrogens with two attached hydrogens (primary N) is 1. The third-order valence-corrected chi connectivity index (χ3v) is 5.36. The predicted molar refractivity (Wildman–Crippen MR) is 140 cm³/mol. The normalized spacial score (nSPS) is 15.1. The Morgan fingerprint density at radius 3 is 1.92 bits per heavy atom. The molecule has 2 heterocycles. The molecule has 4 N–H and O–H groups in total. The molecule has 11 heteroatoms. The second kappa shape index (κ2) is 13.5. The van der Waals surface area contributed by atoms with Crippen molar-refractivity contribution in [1.29, 1.82) is 0 Å². The molecule has 0 unspecified atom stereocenters. The summed E-state index contributed by atoms with van der Waals surface area (Å²) in [5, 5.41) is 2.83. The first-order valence-corrected chi connectivity index (χ1v) is 12.2. The van der Waals surface area contributed by atoms with Gasteiger partial charge in [0.2, 0.25) is 0 Å². The van der Waals surface area contributed by atoms with Crippen molar-refractivity contribution < 1.29 is 33.2 Å². The highest BCUT2D eigenvalue weighted by molar-refractivity contribution is 7.71. The fourth-order valence-electron chi connectivity index (χ4n) is 3.40. The van der Waals surface area contributed by atoms with Crippen LogP contribution in [0.5, 0.6) is 23.0 Å². The van der Waals surface area contributed by atoms with E-state index < -0.39 is 0 Å². The third-order valence-electron chi connectivity index (χ3n) is 5.12. The Morgan fingerprint density at radius 2 is 1.30 bits per heavy atom. The van der Waals surface area contributed by atoms with Gasteiger partial charge in [0.25, 0.3) is 5.91 Å². The molecule has 0 saturated heterocycles. The SMILES string of the molecule is Nc1ccc2c(c1)OCCOCCOc1cc(NC(=O)c3cccc(=S)[nH]3)ccc1OCCOCCO2. The van der Waals surface area contributed by atoms with Gasteiger partial charge in [0.1, 0.15) is 36.8 Å². The van der Waals surface area contributed by atoms with Crippen LogP contribution in [0.2, 0.25) is 0 Å². The lowest BCUT2D eigenvalue weighted by Crippen LogP contribution is -2.16. The summed E-state index contributed by atoms with van der Waals surface area (Å²) in [6.45, 7) is 2.61. The van der Waals surface area contributed by atoms with Gasteiger partial charge in [0.15, 0.2) is 23.0 Å². The van der Waals surface area contributed by atoms with Crippen molar-refractivity contribution in [1.82, 2.24) is 4.98 Å². The zero-order valence-corrected chi connectivity index (χ0v) is 21.0. The molecule has 0 radical (unpaired) electrons. The van der Waals surface area contributed by atoms with E-state index in [4.69, 9.17) is 46.4 Å². The number of hydrogen-bond acceptors (Lipinski definition) is 9. The largest absolute Gasteiger partial charge is 0.487 e. The average Bonchev–Trinajstić information content (AvgIpc) is 2.89. The Kier molecular flexibility index (Phi) is 9.58. The molecule has 0 spiro atoms. The Bertz CT molecular complexity index is 1250. The van der Waals surface area contributed by atoms with Crippen LogP contribution in [-0.4, -0.2) is 63.7 Å². The van der Waals surface area contributed by atoms with Gasteiger partial charge in [-0.3, -0.25) is 4.79 Å². The monoisotopic (exact) mass is 527 g/mol. The van der Waals surface area contributed by atoms with Crippen LogP contribution in [0.1, 0.15) is 10.5 Å². The molecule has 2 aromatic carbocycles. The molecule has 1 aliphatic heterocycles. The number of amides is 1. The van der Waals surface area contributed by atoms with Crippen molar-refractivity contribution in [2.75, 3.05) is 63.9 Å². The summed E-state index contributed by atoms with van der Waals surface area (Å²) in [5.41, 5.74) is 7.34. The minimum absolute atomic E-state index is 0.267. The number of hydrogen-bond donors (Lipinski definition) is 3. The van der Waals surface area contributed by atoms with Crippen LogP contribution in [-0.2, 0) is 9.47 Å². The zero-order chi connectivity index (χ0) is 25.9.